The van der Waals surface area contributed by atoms with Crippen molar-refractivity contribution in [2.24, 2.45) is 10.9 Å². The first-order valence-electron chi connectivity index (χ1n) is 6.28. The quantitative estimate of drug-likeness (QED) is 0.285. The second-order valence-electron chi connectivity index (χ2n) is 4.77. The molecular formula is C12H12N6O3. The Hall–Kier alpha value is -2.97. The van der Waals surface area contributed by atoms with Crippen LogP contribution in [0.5, 0.6) is 0 Å². The monoisotopic (exact) mass is 288 g/mol. The van der Waals surface area contributed by atoms with Crippen LogP contribution < -0.4 is 5.73 Å². The van der Waals surface area contributed by atoms with E-state index in [-0.39, 0.29) is 22.9 Å². The van der Waals surface area contributed by atoms with Gasteiger partial charge in [0.1, 0.15) is 6.20 Å². The molecule has 1 aliphatic rings. The fraction of sp³-hybridized carbons (Fsp3) is 0.250. The van der Waals surface area contributed by atoms with Gasteiger partial charge >= 0.3 is 0 Å². The summed E-state index contributed by atoms with van der Waals surface area (Å²) in [5, 5.41) is 26.9. The van der Waals surface area contributed by atoms with Crippen LogP contribution >= 0.6 is 0 Å². The minimum atomic E-state index is -0.594. The predicted octanol–water partition coefficient (Wildman–Crippen LogP) is 1.15. The average Bonchev–Trinajstić information content (AvgIpc) is 3.23. The summed E-state index contributed by atoms with van der Waals surface area (Å²) in [6.45, 7) is 0. The Kier molecular flexibility index (Phi) is 3.01. The molecular weight excluding hydrogens is 276 g/mol. The Morgan fingerprint density at radius 2 is 2.33 bits per heavy atom. The topological polar surface area (TPSA) is 132 Å². The smallest absolute Gasteiger partial charge is 0.288 e. The van der Waals surface area contributed by atoms with Crippen LogP contribution in [0.15, 0.2) is 29.7 Å². The van der Waals surface area contributed by atoms with Crippen molar-refractivity contribution in [3.05, 3.63) is 45.9 Å². The standard InChI is InChI=1S/C12H12N6O3/c13-11(16-19)9-5-8(18(20)21)6-14-12(9)17-4-3-10(15-17)7-1-2-7/h3-7,19H,1-2H2,(H2,13,16). The highest BCUT2D eigenvalue weighted by molar-refractivity contribution is 6.00. The lowest BCUT2D eigenvalue weighted by atomic mass is 10.2. The molecule has 1 fully saturated rings. The maximum atomic E-state index is 10.8. The second-order valence-corrected chi connectivity index (χ2v) is 4.77. The first-order chi connectivity index (χ1) is 10.1. The minimum absolute atomic E-state index is 0.150. The highest BCUT2D eigenvalue weighted by Crippen LogP contribution is 2.39. The number of hydrogen-bond acceptors (Lipinski definition) is 6. The number of rotatable bonds is 4. The van der Waals surface area contributed by atoms with Crippen LogP contribution in [-0.2, 0) is 0 Å². The van der Waals surface area contributed by atoms with E-state index in [9.17, 15) is 10.1 Å². The van der Waals surface area contributed by atoms with Crippen molar-refractivity contribution in [1.82, 2.24) is 14.8 Å². The first kappa shape index (κ1) is 13.0. The lowest BCUT2D eigenvalue weighted by Gasteiger charge is -2.07. The van der Waals surface area contributed by atoms with Crippen LogP contribution in [0, 0.1) is 10.1 Å². The lowest BCUT2D eigenvalue weighted by molar-refractivity contribution is -0.385. The molecule has 108 valence electrons. The van der Waals surface area contributed by atoms with Gasteiger partial charge in [-0.05, 0) is 18.9 Å². The maximum absolute atomic E-state index is 10.8. The summed E-state index contributed by atoms with van der Waals surface area (Å²) < 4.78 is 1.48. The van der Waals surface area contributed by atoms with E-state index in [1.807, 2.05) is 6.07 Å². The molecule has 1 saturated carbocycles. The molecule has 3 rings (SSSR count). The SMILES string of the molecule is NC(=NO)c1cc([N+](=O)[O-])cnc1-n1ccc(C2CC2)n1. The van der Waals surface area contributed by atoms with Gasteiger partial charge in [0.15, 0.2) is 11.7 Å². The molecule has 9 nitrogen and oxygen atoms in total. The number of amidine groups is 1. The van der Waals surface area contributed by atoms with Gasteiger partial charge in [-0.3, -0.25) is 10.1 Å². The summed E-state index contributed by atoms with van der Waals surface area (Å²) in [6.07, 6.45) is 5.04. The lowest BCUT2D eigenvalue weighted by Crippen LogP contribution is -2.18. The van der Waals surface area contributed by atoms with E-state index in [0.717, 1.165) is 24.7 Å². The molecule has 21 heavy (non-hydrogen) atoms. The molecule has 0 aromatic carbocycles. The summed E-state index contributed by atoms with van der Waals surface area (Å²) in [4.78, 5) is 14.2. The van der Waals surface area contributed by atoms with Crippen LogP contribution in [0.1, 0.15) is 30.0 Å². The summed E-state index contributed by atoms with van der Waals surface area (Å²) >= 11 is 0. The Morgan fingerprint density at radius 3 is 2.95 bits per heavy atom. The molecule has 2 aromatic rings. The Bertz CT molecular complexity index is 734. The summed E-state index contributed by atoms with van der Waals surface area (Å²) in [5.41, 5.74) is 6.43. The third kappa shape index (κ3) is 2.40. The van der Waals surface area contributed by atoms with Gasteiger partial charge < -0.3 is 10.9 Å². The van der Waals surface area contributed by atoms with Gasteiger partial charge in [-0.2, -0.15) is 5.10 Å². The van der Waals surface area contributed by atoms with Crippen molar-refractivity contribution in [2.45, 2.75) is 18.8 Å². The van der Waals surface area contributed by atoms with Crippen LogP contribution in [0.4, 0.5) is 5.69 Å². The van der Waals surface area contributed by atoms with Crippen LogP contribution in [0.3, 0.4) is 0 Å². The molecule has 0 radical (unpaired) electrons. The van der Waals surface area contributed by atoms with E-state index < -0.39 is 4.92 Å². The third-order valence-corrected chi connectivity index (χ3v) is 3.27. The molecule has 0 atom stereocenters. The summed E-state index contributed by atoms with van der Waals surface area (Å²) in [5.74, 6) is 0.490. The highest BCUT2D eigenvalue weighted by Gasteiger charge is 2.26. The average molecular weight is 288 g/mol. The largest absolute Gasteiger partial charge is 0.409 e. The number of nitrogens with two attached hydrogens (primary N) is 1. The van der Waals surface area contributed by atoms with Crippen molar-refractivity contribution < 1.29 is 10.1 Å². The van der Waals surface area contributed by atoms with Gasteiger partial charge in [-0.15, -0.1) is 0 Å². The summed E-state index contributed by atoms with van der Waals surface area (Å²) in [7, 11) is 0. The van der Waals surface area contributed by atoms with Gasteiger partial charge in [0.05, 0.1) is 16.2 Å². The molecule has 0 saturated heterocycles. The Balaban J connectivity index is 2.09. The number of pyridine rings is 1. The molecule has 0 amide bonds. The van der Waals surface area contributed by atoms with E-state index >= 15 is 0 Å². The van der Waals surface area contributed by atoms with Crippen LogP contribution in [0.25, 0.3) is 5.82 Å². The Morgan fingerprint density at radius 1 is 1.57 bits per heavy atom. The first-order valence-corrected chi connectivity index (χ1v) is 6.28. The zero-order chi connectivity index (χ0) is 15.0. The van der Waals surface area contributed by atoms with Gasteiger partial charge in [0.2, 0.25) is 0 Å². The van der Waals surface area contributed by atoms with E-state index in [0.29, 0.717) is 5.92 Å². The van der Waals surface area contributed by atoms with Gasteiger partial charge in [-0.1, -0.05) is 5.16 Å². The van der Waals surface area contributed by atoms with Crippen molar-refractivity contribution in [2.75, 3.05) is 0 Å². The molecule has 2 aromatic heterocycles. The zero-order valence-corrected chi connectivity index (χ0v) is 10.9. The summed E-state index contributed by atoms with van der Waals surface area (Å²) in [6, 6.07) is 3.08. The van der Waals surface area contributed by atoms with E-state index in [4.69, 9.17) is 10.9 Å². The van der Waals surface area contributed by atoms with Crippen molar-refractivity contribution in [1.29, 1.82) is 0 Å². The van der Waals surface area contributed by atoms with Gasteiger partial charge in [0, 0.05) is 18.2 Å². The van der Waals surface area contributed by atoms with Crippen molar-refractivity contribution >= 4 is 11.5 Å². The fourth-order valence-corrected chi connectivity index (χ4v) is 2.02. The number of aromatic nitrogens is 3. The van der Waals surface area contributed by atoms with Crippen molar-refractivity contribution in [3.8, 4) is 5.82 Å². The maximum Gasteiger partial charge on any atom is 0.288 e. The number of hydrogen-bond donors (Lipinski definition) is 2. The van der Waals surface area contributed by atoms with Crippen molar-refractivity contribution in [3.63, 3.8) is 0 Å². The second kappa shape index (κ2) is 4.85. The fourth-order valence-electron chi connectivity index (χ4n) is 2.02. The molecule has 0 aliphatic heterocycles. The molecule has 0 bridgehead atoms. The van der Waals surface area contributed by atoms with E-state index in [1.165, 1.54) is 10.7 Å². The highest BCUT2D eigenvalue weighted by atomic mass is 16.6. The molecule has 0 spiro atoms. The van der Waals surface area contributed by atoms with Crippen LogP contribution in [0.2, 0.25) is 0 Å². The van der Waals surface area contributed by atoms with Gasteiger partial charge in [0.25, 0.3) is 5.69 Å². The molecule has 1 aliphatic carbocycles. The molecule has 0 unspecified atom stereocenters. The van der Waals surface area contributed by atoms with E-state index in [1.54, 1.807) is 6.20 Å². The number of oxime groups is 1. The molecule has 9 heteroatoms. The third-order valence-electron chi connectivity index (χ3n) is 3.27. The zero-order valence-electron chi connectivity index (χ0n) is 10.9. The molecule has 2 heterocycles. The Labute approximate surface area is 118 Å². The van der Waals surface area contributed by atoms with Gasteiger partial charge in [-0.25, -0.2) is 9.67 Å². The normalized spacial score (nSPS) is 15.1. The predicted molar refractivity (Wildman–Crippen MR) is 72.5 cm³/mol. The molecule has 3 N–H and O–H groups in total. The van der Waals surface area contributed by atoms with Crippen LogP contribution in [-0.4, -0.2) is 30.7 Å². The van der Waals surface area contributed by atoms with E-state index in [2.05, 4.69) is 15.2 Å². The minimum Gasteiger partial charge on any atom is -0.409 e. The number of nitro groups is 1. The number of nitrogens with zero attached hydrogens (tertiary/aromatic N) is 5.